The highest BCUT2D eigenvalue weighted by atomic mass is 15.2. The third kappa shape index (κ3) is 4.76. The van der Waals surface area contributed by atoms with Gasteiger partial charge in [-0.15, -0.1) is 0 Å². The summed E-state index contributed by atoms with van der Waals surface area (Å²) < 4.78 is 4.60. The molecule has 5 heteroatoms. The summed E-state index contributed by atoms with van der Waals surface area (Å²) in [6.45, 7) is 0. The van der Waals surface area contributed by atoms with Crippen LogP contribution in [-0.4, -0.2) is 24.1 Å². The summed E-state index contributed by atoms with van der Waals surface area (Å²) in [6, 6.07) is 66.2. The van der Waals surface area contributed by atoms with Gasteiger partial charge < -0.3 is 4.57 Å². The van der Waals surface area contributed by atoms with E-state index in [1.807, 2.05) is 24.3 Å². The van der Waals surface area contributed by atoms with Gasteiger partial charge in [0.1, 0.15) is 0 Å². The molecule has 0 atom stereocenters. The van der Waals surface area contributed by atoms with Crippen molar-refractivity contribution in [2.75, 3.05) is 0 Å². The van der Waals surface area contributed by atoms with E-state index in [0.29, 0.717) is 17.6 Å². The summed E-state index contributed by atoms with van der Waals surface area (Å²) in [5, 5.41) is 7.15. The van der Waals surface area contributed by atoms with E-state index in [-0.39, 0.29) is 0 Å². The molecule has 0 radical (unpaired) electrons. The zero-order chi connectivity index (χ0) is 35.6. The van der Waals surface area contributed by atoms with Crippen LogP contribution in [0.25, 0.3) is 99.9 Å². The number of hydrogen-bond acceptors (Lipinski definition) is 3. The second-order valence-electron chi connectivity index (χ2n) is 13.7. The molecule has 0 aliphatic carbocycles. The zero-order valence-electron chi connectivity index (χ0n) is 29.1. The van der Waals surface area contributed by atoms with Crippen molar-refractivity contribution in [3.8, 4) is 45.5 Å². The molecule has 0 aliphatic heterocycles. The Morgan fingerprint density at radius 1 is 0.315 bits per heavy atom. The SMILES string of the molecule is c1ccc(-c2cccc(-c3nc(-c4ccccc4)nc(-n4c5cc(-n6c7ccccc7c7ccccc76)ccc5c5c6ccccc6ccc54)n3)c2)cc1. The van der Waals surface area contributed by atoms with Crippen molar-refractivity contribution >= 4 is 54.4 Å². The number of rotatable bonds is 5. The summed E-state index contributed by atoms with van der Waals surface area (Å²) in [6.07, 6.45) is 0. The molecule has 252 valence electrons. The first kappa shape index (κ1) is 30.3. The van der Waals surface area contributed by atoms with Crippen LogP contribution in [0.15, 0.2) is 188 Å². The molecule has 0 bridgehead atoms. The molecule has 3 aromatic heterocycles. The molecule has 0 amide bonds. The maximum atomic E-state index is 5.31. The van der Waals surface area contributed by atoms with Crippen LogP contribution < -0.4 is 0 Å². The molecule has 8 aromatic carbocycles. The van der Waals surface area contributed by atoms with Gasteiger partial charge in [-0.1, -0.05) is 152 Å². The molecule has 11 rings (SSSR count). The molecule has 0 unspecified atom stereocenters. The van der Waals surface area contributed by atoms with Crippen LogP contribution in [0.1, 0.15) is 0 Å². The van der Waals surface area contributed by atoms with Gasteiger partial charge in [-0.2, -0.15) is 9.97 Å². The molecule has 0 N–H and O–H groups in total. The highest BCUT2D eigenvalue weighted by molar-refractivity contribution is 6.21. The van der Waals surface area contributed by atoms with Gasteiger partial charge >= 0.3 is 0 Å². The maximum absolute atomic E-state index is 5.31. The van der Waals surface area contributed by atoms with E-state index in [2.05, 4.69) is 173 Å². The van der Waals surface area contributed by atoms with Gasteiger partial charge in [0.15, 0.2) is 11.6 Å². The Labute approximate surface area is 311 Å². The summed E-state index contributed by atoms with van der Waals surface area (Å²) in [7, 11) is 0. The average molecular weight is 690 g/mol. The Bertz CT molecular complexity index is 3160. The van der Waals surface area contributed by atoms with Crippen LogP contribution in [0.4, 0.5) is 0 Å². The first-order valence-corrected chi connectivity index (χ1v) is 18.2. The van der Waals surface area contributed by atoms with Crippen LogP contribution >= 0.6 is 0 Å². The van der Waals surface area contributed by atoms with E-state index in [9.17, 15) is 0 Å². The lowest BCUT2D eigenvalue weighted by Gasteiger charge is -2.13. The van der Waals surface area contributed by atoms with Gasteiger partial charge in [0, 0.05) is 38.4 Å². The van der Waals surface area contributed by atoms with Crippen molar-refractivity contribution in [2.45, 2.75) is 0 Å². The molecule has 0 fully saturated rings. The van der Waals surface area contributed by atoms with E-state index in [1.165, 1.54) is 38.0 Å². The normalized spacial score (nSPS) is 11.7. The third-order valence-electron chi connectivity index (χ3n) is 10.6. The molecular formula is C49H31N5. The van der Waals surface area contributed by atoms with Crippen molar-refractivity contribution in [3.05, 3.63) is 188 Å². The standard InChI is InChI=1S/C49H31N5/c1-3-14-32(15-4-1)35-19-13-20-36(30-35)48-50-47(34-17-5-2-6-18-34)51-49(52-48)54-44-29-26-33-16-7-8-21-38(33)46(44)41-28-27-37(31-45(41)54)53-42-24-11-9-22-39(42)40-23-10-12-25-43(40)53/h1-31H. The number of nitrogens with zero attached hydrogens (tertiary/aromatic N) is 5. The Morgan fingerprint density at radius 3 is 1.65 bits per heavy atom. The molecule has 0 saturated carbocycles. The minimum atomic E-state index is 0.568. The molecule has 0 spiro atoms. The van der Waals surface area contributed by atoms with E-state index in [1.54, 1.807) is 0 Å². The van der Waals surface area contributed by atoms with Crippen LogP contribution in [0.2, 0.25) is 0 Å². The van der Waals surface area contributed by atoms with Crippen LogP contribution in [0.3, 0.4) is 0 Å². The molecule has 0 saturated heterocycles. The monoisotopic (exact) mass is 689 g/mol. The number of aromatic nitrogens is 5. The number of para-hydroxylation sites is 2. The molecule has 3 heterocycles. The summed E-state index contributed by atoms with van der Waals surface area (Å²) in [5.41, 5.74) is 9.57. The topological polar surface area (TPSA) is 48.5 Å². The third-order valence-corrected chi connectivity index (χ3v) is 10.6. The first-order valence-electron chi connectivity index (χ1n) is 18.2. The van der Waals surface area contributed by atoms with Gasteiger partial charge in [-0.05, 0) is 58.3 Å². The lowest BCUT2D eigenvalue weighted by molar-refractivity contribution is 0.953. The molecule has 54 heavy (non-hydrogen) atoms. The minimum Gasteiger partial charge on any atom is -0.309 e. The average Bonchev–Trinajstić information content (AvgIpc) is 3.77. The van der Waals surface area contributed by atoms with Crippen LogP contribution in [0, 0.1) is 0 Å². The smallest absolute Gasteiger partial charge is 0.238 e. The lowest BCUT2D eigenvalue weighted by atomic mass is 10.0. The van der Waals surface area contributed by atoms with Gasteiger partial charge in [-0.25, -0.2) is 4.98 Å². The maximum Gasteiger partial charge on any atom is 0.238 e. The predicted molar refractivity (Wildman–Crippen MR) is 222 cm³/mol. The van der Waals surface area contributed by atoms with Crippen molar-refractivity contribution in [1.82, 2.24) is 24.1 Å². The fraction of sp³-hybridized carbons (Fsp3) is 0. The van der Waals surface area contributed by atoms with Gasteiger partial charge in [0.25, 0.3) is 0 Å². The molecule has 5 nitrogen and oxygen atoms in total. The largest absolute Gasteiger partial charge is 0.309 e. The lowest BCUT2D eigenvalue weighted by Crippen LogP contribution is -2.06. The Morgan fingerprint density at radius 2 is 0.907 bits per heavy atom. The first-order chi connectivity index (χ1) is 26.8. The summed E-state index contributed by atoms with van der Waals surface area (Å²) in [4.78, 5) is 15.7. The fourth-order valence-corrected chi connectivity index (χ4v) is 8.11. The van der Waals surface area contributed by atoms with Crippen molar-refractivity contribution < 1.29 is 0 Å². The fourth-order valence-electron chi connectivity index (χ4n) is 8.11. The van der Waals surface area contributed by atoms with Gasteiger partial charge in [-0.3, -0.25) is 4.57 Å². The number of fused-ring (bicyclic) bond motifs is 8. The number of hydrogen-bond donors (Lipinski definition) is 0. The Balaban J connectivity index is 1.22. The van der Waals surface area contributed by atoms with E-state index in [0.717, 1.165) is 44.4 Å². The van der Waals surface area contributed by atoms with E-state index < -0.39 is 0 Å². The highest BCUT2D eigenvalue weighted by Crippen LogP contribution is 2.39. The molecule has 0 aliphatic rings. The summed E-state index contributed by atoms with van der Waals surface area (Å²) in [5.74, 6) is 1.81. The Kier molecular flexibility index (Phi) is 6.79. The number of benzene rings is 8. The van der Waals surface area contributed by atoms with Crippen LogP contribution in [-0.2, 0) is 0 Å². The van der Waals surface area contributed by atoms with E-state index in [4.69, 9.17) is 15.0 Å². The Hall–Kier alpha value is -7.37. The quantitative estimate of drug-likeness (QED) is 0.181. The second-order valence-corrected chi connectivity index (χ2v) is 13.7. The summed E-state index contributed by atoms with van der Waals surface area (Å²) >= 11 is 0. The molecule has 11 aromatic rings. The van der Waals surface area contributed by atoms with Gasteiger partial charge in [0.05, 0.1) is 22.1 Å². The second kappa shape index (κ2) is 12.1. The van der Waals surface area contributed by atoms with E-state index >= 15 is 0 Å². The predicted octanol–water partition coefficient (Wildman–Crippen LogP) is 12.2. The van der Waals surface area contributed by atoms with Crippen molar-refractivity contribution in [2.24, 2.45) is 0 Å². The van der Waals surface area contributed by atoms with Crippen molar-refractivity contribution in [3.63, 3.8) is 0 Å². The van der Waals surface area contributed by atoms with Crippen molar-refractivity contribution in [1.29, 1.82) is 0 Å². The van der Waals surface area contributed by atoms with Gasteiger partial charge in [0.2, 0.25) is 5.95 Å². The molecular weight excluding hydrogens is 659 g/mol. The minimum absolute atomic E-state index is 0.568. The zero-order valence-corrected chi connectivity index (χ0v) is 29.1. The highest BCUT2D eigenvalue weighted by Gasteiger charge is 2.21. The van der Waals surface area contributed by atoms with Crippen LogP contribution in [0.5, 0.6) is 0 Å².